The van der Waals surface area contributed by atoms with E-state index in [1.165, 1.54) is 18.7 Å². The Kier molecular flexibility index (Phi) is 4.09. The minimum Gasteiger partial charge on any atom is -0.431 e. The van der Waals surface area contributed by atoms with E-state index >= 15 is 0 Å². The predicted molar refractivity (Wildman–Crippen MR) is 89.3 cm³/mol. The molecule has 0 fully saturated rings. The van der Waals surface area contributed by atoms with Crippen LogP contribution in [0.5, 0.6) is 0 Å². The van der Waals surface area contributed by atoms with Crippen molar-refractivity contribution < 1.29 is 14.0 Å². The zero-order valence-corrected chi connectivity index (χ0v) is 13.9. The first-order valence-electron chi connectivity index (χ1n) is 7.19. The number of hydrogen-bond donors (Lipinski definition) is 1. The number of oxazole rings is 1. The Morgan fingerprint density at radius 3 is 2.65 bits per heavy atom. The second kappa shape index (κ2) is 6.04. The van der Waals surface area contributed by atoms with E-state index in [0.29, 0.717) is 27.6 Å². The quantitative estimate of drug-likeness (QED) is 0.567. The molecule has 3 rings (SSSR count). The van der Waals surface area contributed by atoms with Gasteiger partial charge in [0.15, 0.2) is 17.1 Å². The van der Waals surface area contributed by atoms with Crippen LogP contribution in [0.3, 0.4) is 0 Å². The number of aryl methyl sites for hydroxylation is 1. The zero-order chi connectivity index (χ0) is 16.6. The average Bonchev–Trinajstić information content (AvgIpc) is 3.05. The van der Waals surface area contributed by atoms with Gasteiger partial charge in [-0.3, -0.25) is 9.59 Å². The molecule has 0 unspecified atom stereocenters. The number of rotatable bonds is 5. The third-order valence-corrected chi connectivity index (χ3v) is 4.50. The highest BCUT2D eigenvalue weighted by Crippen LogP contribution is 2.25. The van der Waals surface area contributed by atoms with Crippen LogP contribution in [0.1, 0.15) is 39.0 Å². The number of H-pyrrole nitrogens is 1. The van der Waals surface area contributed by atoms with Gasteiger partial charge in [-0.1, -0.05) is 23.9 Å². The largest absolute Gasteiger partial charge is 0.431 e. The standard InChI is InChI=1S/C17H16N2O3S/c1-9-15(11(3)20)10(2)18-16(9)13(21)8-23-17-19-12-6-4-5-7-14(12)22-17/h4-7,18H,8H2,1-3H3. The molecule has 0 saturated carbocycles. The summed E-state index contributed by atoms with van der Waals surface area (Å²) in [7, 11) is 0. The molecular formula is C17H16N2O3S. The highest BCUT2D eigenvalue weighted by Gasteiger charge is 2.20. The molecule has 1 aromatic carbocycles. The first-order chi connectivity index (χ1) is 11.0. The predicted octanol–water partition coefficient (Wildman–Crippen LogP) is 3.95. The van der Waals surface area contributed by atoms with E-state index in [4.69, 9.17) is 4.42 Å². The van der Waals surface area contributed by atoms with Crippen LogP contribution in [0.2, 0.25) is 0 Å². The maximum Gasteiger partial charge on any atom is 0.257 e. The number of nitrogens with zero attached hydrogens (tertiary/aromatic N) is 1. The first-order valence-corrected chi connectivity index (χ1v) is 8.17. The van der Waals surface area contributed by atoms with Crippen molar-refractivity contribution in [2.45, 2.75) is 26.0 Å². The van der Waals surface area contributed by atoms with Gasteiger partial charge in [0.2, 0.25) is 0 Å². The van der Waals surface area contributed by atoms with E-state index in [0.717, 1.165) is 11.2 Å². The maximum atomic E-state index is 12.4. The van der Waals surface area contributed by atoms with Gasteiger partial charge < -0.3 is 9.40 Å². The summed E-state index contributed by atoms with van der Waals surface area (Å²) in [5.74, 6) is 0.0811. The molecule has 0 saturated heterocycles. The van der Waals surface area contributed by atoms with Gasteiger partial charge in [0.05, 0.1) is 11.4 Å². The summed E-state index contributed by atoms with van der Waals surface area (Å²) >= 11 is 1.25. The van der Waals surface area contributed by atoms with Crippen molar-refractivity contribution in [3.63, 3.8) is 0 Å². The van der Waals surface area contributed by atoms with E-state index in [2.05, 4.69) is 9.97 Å². The van der Waals surface area contributed by atoms with E-state index in [9.17, 15) is 9.59 Å². The Hall–Kier alpha value is -2.34. The minimum absolute atomic E-state index is 0.0399. The zero-order valence-electron chi connectivity index (χ0n) is 13.1. The molecular weight excluding hydrogens is 312 g/mol. The summed E-state index contributed by atoms with van der Waals surface area (Å²) in [6, 6.07) is 7.47. The first kappa shape index (κ1) is 15.6. The molecule has 23 heavy (non-hydrogen) atoms. The highest BCUT2D eigenvalue weighted by atomic mass is 32.2. The van der Waals surface area contributed by atoms with Gasteiger partial charge >= 0.3 is 0 Å². The third kappa shape index (κ3) is 2.94. The smallest absolute Gasteiger partial charge is 0.257 e. The number of aromatic nitrogens is 2. The summed E-state index contributed by atoms with van der Waals surface area (Å²) in [6.45, 7) is 5.09. The molecule has 0 aliphatic heterocycles. The summed E-state index contributed by atoms with van der Waals surface area (Å²) in [5.41, 5.74) is 3.99. The van der Waals surface area contributed by atoms with Gasteiger partial charge in [-0.25, -0.2) is 4.98 Å². The lowest BCUT2D eigenvalue weighted by Crippen LogP contribution is -2.05. The van der Waals surface area contributed by atoms with Crippen LogP contribution in [-0.2, 0) is 0 Å². The van der Waals surface area contributed by atoms with Crippen LogP contribution < -0.4 is 0 Å². The van der Waals surface area contributed by atoms with Crippen LogP contribution in [-0.4, -0.2) is 27.3 Å². The highest BCUT2D eigenvalue weighted by molar-refractivity contribution is 7.99. The molecule has 118 valence electrons. The number of fused-ring (bicyclic) bond motifs is 1. The van der Waals surface area contributed by atoms with Crippen LogP contribution in [0.25, 0.3) is 11.1 Å². The Morgan fingerprint density at radius 2 is 2.00 bits per heavy atom. The molecule has 0 amide bonds. The molecule has 1 N–H and O–H groups in total. The lowest BCUT2D eigenvalue weighted by Gasteiger charge is -1.99. The van der Waals surface area contributed by atoms with E-state index in [-0.39, 0.29) is 17.3 Å². The lowest BCUT2D eigenvalue weighted by atomic mass is 10.1. The van der Waals surface area contributed by atoms with Gasteiger partial charge in [0.1, 0.15) is 5.52 Å². The summed E-state index contributed by atoms with van der Waals surface area (Å²) < 4.78 is 5.59. The normalized spacial score (nSPS) is 11.1. The van der Waals surface area contributed by atoms with E-state index in [1.54, 1.807) is 13.8 Å². The second-order valence-electron chi connectivity index (χ2n) is 5.34. The molecule has 5 nitrogen and oxygen atoms in total. The lowest BCUT2D eigenvalue weighted by molar-refractivity contribution is 0.101. The van der Waals surface area contributed by atoms with Crippen molar-refractivity contribution in [1.82, 2.24) is 9.97 Å². The number of ketones is 2. The van der Waals surface area contributed by atoms with Gasteiger partial charge in [0, 0.05) is 11.3 Å². The summed E-state index contributed by atoms with van der Waals surface area (Å²) in [5, 5.41) is 0.465. The number of thioether (sulfide) groups is 1. The fraction of sp³-hybridized carbons (Fsp3) is 0.235. The molecule has 0 atom stereocenters. The third-order valence-electron chi connectivity index (χ3n) is 3.67. The fourth-order valence-corrected chi connectivity index (χ4v) is 3.38. The molecule has 6 heteroatoms. The number of carbonyl (C=O) groups excluding carboxylic acids is 2. The molecule has 2 aromatic heterocycles. The molecule has 0 spiro atoms. The molecule has 0 aliphatic rings. The topological polar surface area (TPSA) is 76.0 Å². The average molecular weight is 328 g/mol. The Bertz CT molecular complexity index is 875. The SMILES string of the molecule is CC(=O)c1c(C)[nH]c(C(=O)CSc2nc3ccccc3o2)c1C. The Balaban J connectivity index is 1.77. The summed E-state index contributed by atoms with van der Waals surface area (Å²) in [4.78, 5) is 31.4. The molecule has 0 bridgehead atoms. The van der Waals surface area contributed by atoms with Crippen molar-refractivity contribution in [3.05, 3.63) is 46.8 Å². The van der Waals surface area contributed by atoms with Crippen molar-refractivity contribution in [1.29, 1.82) is 0 Å². The van der Waals surface area contributed by atoms with Crippen molar-refractivity contribution in [2.75, 3.05) is 5.75 Å². The molecule has 0 radical (unpaired) electrons. The Labute approximate surface area is 137 Å². The number of Topliss-reactive ketones (excluding diaryl/α,β-unsaturated/α-hetero) is 2. The number of hydrogen-bond acceptors (Lipinski definition) is 5. The van der Waals surface area contributed by atoms with Gasteiger partial charge in [-0.05, 0) is 38.5 Å². The van der Waals surface area contributed by atoms with E-state index < -0.39 is 0 Å². The minimum atomic E-state index is -0.0784. The van der Waals surface area contributed by atoms with Gasteiger partial charge in [0.25, 0.3) is 5.22 Å². The van der Waals surface area contributed by atoms with Crippen molar-refractivity contribution in [3.8, 4) is 0 Å². The number of carbonyl (C=O) groups is 2. The molecule has 2 heterocycles. The summed E-state index contributed by atoms with van der Waals surface area (Å²) in [6.07, 6.45) is 0. The fourth-order valence-electron chi connectivity index (χ4n) is 2.67. The van der Waals surface area contributed by atoms with Crippen LogP contribution in [0, 0.1) is 13.8 Å². The Morgan fingerprint density at radius 1 is 1.26 bits per heavy atom. The van der Waals surface area contributed by atoms with Crippen molar-refractivity contribution >= 4 is 34.4 Å². The van der Waals surface area contributed by atoms with Crippen LogP contribution >= 0.6 is 11.8 Å². The van der Waals surface area contributed by atoms with Gasteiger partial charge in [-0.2, -0.15) is 0 Å². The van der Waals surface area contributed by atoms with Crippen LogP contribution in [0.15, 0.2) is 33.9 Å². The number of para-hydroxylation sites is 2. The molecule has 3 aromatic rings. The second-order valence-corrected chi connectivity index (χ2v) is 6.27. The maximum absolute atomic E-state index is 12.4. The van der Waals surface area contributed by atoms with E-state index in [1.807, 2.05) is 24.3 Å². The van der Waals surface area contributed by atoms with Crippen molar-refractivity contribution in [2.24, 2.45) is 0 Å². The number of aromatic amines is 1. The number of benzene rings is 1. The van der Waals surface area contributed by atoms with Gasteiger partial charge in [-0.15, -0.1) is 0 Å². The van der Waals surface area contributed by atoms with Crippen LogP contribution in [0.4, 0.5) is 0 Å². The number of nitrogens with one attached hydrogen (secondary N) is 1. The molecule has 0 aliphatic carbocycles. The monoisotopic (exact) mass is 328 g/mol.